The van der Waals surface area contributed by atoms with E-state index < -0.39 is 6.04 Å². The highest BCUT2D eigenvalue weighted by atomic mass is 16.2. The van der Waals surface area contributed by atoms with E-state index in [1.54, 1.807) is 11.9 Å². The molecule has 6 heteroatoms. The molecule has 25 heavy (non-hydrogen) atoms. The van der Waals surface area contributed by atoms with Gasteiger partial charge in [0.05, 0.1) is 0 Å². The molecule has 0 aromatic heterocycles. The SMILES string of the molecule is CNC(=O)C(CCC=O)N1Cc2c(CCCCCN)cccc2C1=O. The van der Waals surface area contributed by atoms with Crippen molar-refractivity contribution >= 4 is 18.1 Å². The van der Waals surface area contributed by atoms with E-state index in [0.717, 1.165) is 43.1 Å². The van der Waals surface area contributed by atoms with Crippen molar-refractivity contribution in [2.45, 2.75) is 51.1 Å². The highest BCUT2D eigenvalue weighted by Crippen LogP contribution is 2.29. The van der Waals surface area contributed by atoms with Crippen LogP contribution in [0.1, 0.15) is 53.6 Å². The first-order chi connectivity index (χ1) is 12.1. The molecule has 0 bridgehead atoms. The van der Waals surface area contributed by atoms with Crippen molar-refractivity contribution < 1.29 is 14.4 Å². The molecule has 136 valence electrons. The Morgan fingerprint density at radius 2 is 2.16 bits per heavy atom. The van der Waals surface area contributed by atoms with Gasteiger partial charge in [0.1, 0.15) is 12.3 Å². The van der Waals surface area contributed by atoms with Crippen molar-refractivity contribution in [2.75, 3.05) is 13.6 Å². The molecule has 3 N–H and O–H groups in total. The highest BCUT2D eigenvalue weighted by Gasteiger charge is 2.36. The zero-order valence-corrected chi connectivity index (χ0v) is 14.8. The normalized spacial score (nSPS) is 14.3. The molecule has 1 aromatic carbocycles. The third-order valence-electron chi connectivity index (χ3n) is 4.73. The molecule has 0 saturated heterocycles. The average molecular weight is 345 g/mol. The van der Waals surface area contributed by atoms with Crippen LogP contribution in [0, 0.1) is 0 Å². The van der Waals surface area contributed by atoms with E-state index in [2.05, 4.69) is 11.4 Å². The summed E-state index contributed by atoms with van der Waals surface area (Å²) in [6.07, 6.45) is 5.39. The van der Waals surface area contributed by atoms with Crippen LogP contribution in [0.2, 0.25) is 0 Å². The second kappa shape index (κ2) is 9.32. The molecule has 2 rings (SSSR count). The second-order valence-electron chi connectivity index (χ2n) is 6.35. The van der Waals surface area contributed by atoms with E-state index in [4.69, 9.17) is 5.73 Å². The van der Waals surface area contributed by atoms with Crippen molar-refractivity contribution in [3.8, 4) is 0 Å². The number of amides is 2. The second-order valence-corrected chi connectivity index (χ2v) is 6.35. The number of hydrogen-bond acceptors (Lipinski definition) is 4. The molecule has 0 saturated carbocycles. The lowest BCUT2D eigenvalue weighted by molar-refractivity contribution is -0.125. The van der Waals surface area contributed by atoms with Crippen LogP contribution in [-0.4, -0.2) is 42.6 Å². The van der Waals surface area contributed by atoms with E-state index in [1.807, 2.05) is 12.1 Å². The number of fused-ring (bicyclic) bond motifs is 1. The Morgan fingerprint density at radius 3 is 2.84 bits per heavy atom. The zero-order chi connectivity index (χ0) is 18.2. The molecule has 0 aliphatic carbocycles. The van der Waals surface area contributed by atoms with Crippen molar-refractivity contribution in [1.29, 1.82) is 0 Å². The van der Waals surface area contributed by atoms with Gasteiger partial charge in [-0.1, -0.05) is 18.6 Å². The highest BCUT2D eigenvalue weighted by molar-refractivity contribution is 6.01. The first kappa shape index (κ1) is 19.1. The Balaban J connectivity index is 2.17. The smallest absolute Gasteiger partial charge is 0.255 e. The molecule has 2 amide bonds. The Labute approximate surface area is 148 Å². The standard InChI is InChI=1S/C19H27N3O3/c1-21-18(24)17(10-6-12-23)22-13-16-14(7-3-2-4-11-20)8-5-9-15(16)19(22)25/h5,8-9,12,17H,2-4,6-7,10-11,13,20H2,1H3,(H,21,24). The number of carbonyl (C=O) groups excluding carboxylic acids is 3. The molecule has 1 atom stereocenters. The number of hydrogen-bond donors (Lipinski definition) is 2. The van der Waals surface area contributed by atoms with Gasteiger partial charge in [0.15, 0.2) is 0 Å². The summed E-state index contributed by atoms with van der Waals surface area (Å²) < 4.78 is 0. The molecule has 1 aromatic rings. The van der Waals surface area contributed by atoms with Crippen LogP contribution in [-0.2, 0) is 22.6 Å². The summed E-state index contributed by atoms with van der Waals surface area (Å²) in [5, 5.41) is 2.60. The van der Waals surface area contributed by atoms with Crippen LogP contribution in [0.4, 0.5) is 0 Å². The largest absolute Gasteiger partial charge is 0.357 e. The summed E-state index contributed by atoms with van der Waals surface area (Å²) in [6.45, 7) is 1.13. The van der Waals surface area contributed by atoms with Crippen molar-refractivity contribution in [1.82, 2.24) is 10.2 Å². The van der Waals surface area contributed by atoms with Crippen molar-refractivity contribution in [3.05, 3.63) is 34.9 Å². The summed E-state index contributed by atoms with van der Waals surface area (Å²) >= 11 is 0. The van der Waals surface area contributed by atoms with Gasteiger partial charge < -0.3 is 20.7 Å². The molecule has 0 fully saturated rings. The summed E-state index contributed by atoms with van der Waals surface area (Å²) in [6, 6.07) is 5.17. The lowest BCUT2D eigenvalue weighted by Gasteiger charge is -2.25. The van der Waals surface area contributed by atoms with Crippen LogP contribution in [0.25, 0.3) is 0 Å². The summed E-state index contributed by atoms with van der Waals surface area (Å²) in [4.78, 5) is 37.3. The Morgan fingerprint density at radius 1 is 1.36 bits per heavy atom. The zero-order valence-electron chi connectivity index (χ0n) is 14.8. The minimum Gasteiger partial charge on any atom is -0.357 e. The van der Waals surface area contributed by atoms with E-state index in [9.17, 15) is 14.4 Å². The van der Waals surface area contributed by atoms with Gasteiger partial charge in [-0.25, -0.2) is 0 Å². The molecular weight excluding hydrogens is 318 g/mol. The number of benzene rings is 1. The molecule has 0 spiro atoms. The molecule has 1 heterocycles. The van der Waals surface area contributed by atoms with Gasteiger partial charge in [-0.05, 0) is 49.4 Å². The van der Waals surface area contributed by atoms with Crippen LogP contribution in [0.15, 0.2) is 18.2 Å². The summed E-state index contributed by atoms with van der Waals surface area (Å²) in [7, 11) is 1.55. The number of carbonyl (C=O) groups is 3. The number of aryl methyl sites for hydroxylation is 1. The van der Waals surface area contributed by atoms with Gasteiger partial charge in [-0.2, -0.15) is 0 Å². The molecule has 6 nitrogen and oxygen atoms in total. The molecule has 1 unspecified atom stereocenters. The van der Waals surface area contributed by atoms with E-state index in [1.165, 1.54) is 0 Å². The fourth-order valence-corrected chi connectivity index (χ4v) is 3.36. The maximum Gasteiger partial charge on any atom is 0.255 e. The minimum absolute atomic E-state index is 0.127. The van der Waals surface area contributed by atoms with Gasteiger partial charge in [0.25, 0.3) is 5.91 Å². The van der Waals surface area contributed by atoms with Crippen molar-refractivity contribution in [3.63, 3.8) is 0 Å². The minimum atomic E-state index is -0.611. The number of unbranched alkanes of at least 4 members (excludes halogenated alkanes) is 2. The van der Waals surface area contributed by atoms with Gasteiger partial charge >= 0.3 is 0 Å². The number of rotatable bonds is 10. The maximum absolute atomic E-state index is 12.8. The molecular formula is C19H27N3O3. The van der Waals surface area contributed by atoms with Gasteiger partial charge in [-0.3, -0.25) is 9.59 Å². The van der Waals surface area contributed by atoms with Crippen LogP contribution in [0.5, 0.6) is 0 Å². The predicted octanol–water partition coefficient (Wildman–Crippen LogP) is 1.41. The summed E-state index contributed by atoms with van der Waals surface area (Å²) in [5.74, 6) is -0.356. The van der Waals surface area contributed by atoms with Gasteiger partial charge in [-0.15, -0.1) is 0 Å². The third kappa shape index (κ3) is 4.45. The van der Waals surface area contributed by atoms with E-state index in [-0.39, 0.29) is 18.2 Å². The average Bonchev–Trinajstić information content (AvgIpc) is 2.96. The van der Waals surface area contributed by atoms with E-state index in [0.29, 0.717) is 25.1 Å². The van der Waals surface area contributed by atoms with Crippen LogP contribution >= 0.6 is 0 Å². The van der Waals surface area contributed by atoms with Crippen molar-refractivity contribution in [2.24, 2.45) is 5.73 Å². The van der Waals surface area contributed by atoms with E-state index >= 15 is 0 Å². The molecule has 1 aliphatic heterocycles. The maximum atomic E-state index is 12.8. The Kier molecular flexibility index (Phi) is 7.13. The summed E-state index contributed by atoms with van der Waals surface area (Å²) in [5.41, 5.74) is 8.39. The lowest BCUT2D eigenvalue weighted by atomic mass is 9.98. The van der Waals surface area contributed by atoms with Gasteiger partial charge in [0, 0.05) is 25.6 Å². The topological polar surface area (TPSA) is 92.5 Å². The lowest BCUT2D eigenvalue weighted by Crippen LogP contribution is -2.46. The first-order valence-electron chi connectivity index (χ1n) is 8.91. The molecule has 0 radical (unpaired) electrons. The Bertz CT molecular complexity index is 630. The number of nitrogens with two attached hydrogens (primary N) is 1. The fourth-order valence-electron chi connectivity index (χ4n) is 3.36. The number of nitrogens with zero attached hydrogens (tertiary/aromatic N) is 1. The van der Waals surface area contributed by atoms with Crippen LogP contribution < -0.4 is 11.1 Å². The predicted molar refractivity (Wildman–Crippen MR) is 96.1 cm³/mol. The number of likely N-dealkylation sites (N-methyl/N-ethyl adjacent to an activating group) is 1. The van der Waals surface area contributed by atoms with Crippen LogP contribution in [0.3, 0.4) is 0 Å². The number of aldehydes is 1. The third-order valence-corrected chi connectivity index (χ3v) is 4.73. The fraction of sp³-hybridized carbons (Fsp3) is 0.526. The Hall–Kier alpha value is -2.21. The van der Waals surface area contributed by atoms with Gasteiger partial charge in [0.2, 0.25) is 5.91 Å². The first-order valence-corrected chi connectivity index (χ1v) is 8.91. The monoisotopic (exact) mass is 345 g/mol. The quantitative estimate of drug-likeness (QED) is 0.495. The number of nitrogens with one attached hydrogen (secondary N) is 1. The molecule has 1 aliphatic rings.